The molecule has 0 unspecified atom stereocenters. The van der Waals surface area contributed by atoms with Gasteiger partial charge in [-0.15, -0.1) is 0 Å². The normalized spacial score (nSPS) is 11.0. The molecule has 1 N–H and O–H groups in total. The zero-order chi connectivity index (χ0) is 20.8. The number of nitrogens with one attached hydrogen (secondary N) is 1. The molecule has 0 aliphatic heterocycles. The van der Waals surface area contributed by atoms with Crippen LogP contribution in [-0.4, -0.2) is 17.5 Å². The second kappa shape index (κ2) is 9.92. The van der Waals surface area contributed by atoms with Gasteiger partial charge in [0.1, 0.15) is 11.3 Å². The number of nitrogens with zero attached hydrogens (tertiary/aromatic N) is 1. The summed E-state index contributed by atoms with van der Waals surface area (Å²) in [5, 5.41) is 3.80. The van der Waals surface area contributed by atoms with E-state index in [9.17, 15) is 4.79 Å². The average molecular weight is 403 g/mol. The fraction of sp³-hybridized carbons (Fsp3) is 0.478. The topological polar surface area (TPSA) is 51.2 Å². The SMILES string of the molecule is CCc1cc(Cl)cc(CC)c1NC(=O)c1c(OCCC(C)C)cc(C)nc1C. The molecule has 28 heavy (non-hydrogen) atoms. The Hall–Kier alpha value is -2.07. The minimum atomic E-state index is -0.198. The van der Waals surface area contributed by atoms with Crippen LogP contribution >= 0.6 is 11.6 Å². The maximum Gasteiger partial charge on any atom is 0.261 e. The number of carbonyl (C=O) groups is 1. The van der Waals surface area contributed by atoms with Crippen molar-refractivity contribution in [3.8, 4) is 5.75 Å². The van der Waals surface area contributed by atoms with Crippen molar-refractivity contribution in [3.05, 3.63) is 51.3 Å². The van der Waals surface area contributed by atoms with Crippen LogP contribution in [0.1, 0.15) is 67.0 Å². The highest BCUT2D eigenvalue weighted by Crippen LogP contribution is 2.30. The Morgan fingerprint density at radius 1 is 1.14 bits per heavy atom. The number of ether oxygens (including phenoxy) is 1. The second-order valence-electron chi connectivity index (χ2n) is 7.51. The quantitative estimate of drug-likeness (QED) is 0.575. The predicted octanol–water partition coefficient (Wildman–Crippen LogP) is 6.15. The maximum absolute atomic E-state index is 13.2. The van der Waals surface area contributed by atoms with Crippen molar-refractivity contribution in [2.24, 2.45) is 5.92 Å². The average Bonchev–Trinajstić information content (AvgIpc) is 2.61. The van der Waals surface area contributed by atoms with Crippen LogP contribution in [0.5, 0.6) is 5.75 Å². The summed E-state index contributed by atoms with van der Waals surface area (Å²) in [5.41, 5.74) is 4.89. The summed E-state index contributed by atoms with van der Waals surface area (Å²) in [4.78, 5) is 17.7. The Labute approximate surface area is 173 Å². The molecule has 5 heteroatoms. The lowest BCUT2D eigenvalue weighted by atomic mass is 10.0. The van der Waals surface area contributed by atoms with E-state index in [1.165, 1.54) is 0 Å². The fourth-order valence-electron chi connectivity index (χ4n) is 3.21. The zero-order valence-electron chi connectivity index (χ0n) is 17.8. The van der Waals surface area contributed by atoms with E-state index in [4.69, 9.17) is 16.3 Å². The third-order valence-electron chi connectivity index (χ3n) is 4.74. The molecule has 1 aromatic heterocycles. The van der Waals surface area contributed by atoms with Gasteiger partial charge in [-0.25, -0.2) is 0 Å². The molecular weight excluding hydrogens is 372 g/mol. The van der Waals surface area contributed by atoms with Crippen LogP contribution in [-0.2, 0) is 12.8 Å². The van der Waals surface area contributed by atoms with Gasteiger partial charge in [-0.1, -0.05) is 39.3 Å². The fourth-order valence-corrected chi connectivity index (χ4v) is 3.47. The number of anilines is 1. The van der Waals surface area contributed by atoms with Gasteiger partial charge < -0.3 is 10.1 Å². The minimum Gasteiger partial charge on any atom is -0.493 e. The number of aromatic nitrogens is 1. The molecule has 152 valence electrons. The van der Waals surface area contributed by atoms with Gasteiger partial charge in [0, 0.05) is 22.5 Å². The van der Waals surface area contributed by atoms with Gasteiger partial charge in [0.05, 0.1) is 12.3 Å². The van der Waals surface area contributed by atoms with Gasteiger partial charge in [0.25, 0.3) is 5.91 Å². The van der Waals surface area contributed by atoms with Crippen molar-refractivity contribution in [1.82, 2.24) is 4.98 Å². The number of amides is 1. The maximum atomic E-state index is 13.2. The van der Waals surface area contributed by atoms with Gasteiger partial charge in [0.2, 0.25) is 0 Å². The zero-order valence-corrected chi connectivity index (χ0v) is 18.5. The van der Waals surface area contributed by atoms with Crippen LogP contribution in [0.15, 0.2) is 18.2 Å². The number of halogens is 1. The first-order valence-corrected chi connectivity index (χ1v) is 10.4. The summed E-state index contributed by atoms with van der Waals surface area (Å²) in [6.07, 6.45) is 2.50. The van der Waals surface area contributed by atoms with Crippen LogP contribution in [0, 0.1) is 19.8 Å². The Balaban J connectivity index is 2.39. The standard InChI is InChI=1S/C23H31ClN2O2/c1-7-17-12-19(24)13-18(8-2)22(17)26-23(27)21-16(6)25-15(5)11-20(21)28-10-9-14(3)4/h11-14H,7-10H2,1-6H3,(H,26,27). The third-order valence-corrected chi connectivity index (χ3v) is 4.96. The molecule has 0 spiro atoms. The lowest BCUT2D eigenvalue weighted by Crippen LogP contribution is -2.19. The number of pyridine rings is 1. The molecule has 0 saturated heterocycles. The van der Waals surface area contributed by atoms with Crippen LogP contribution < -0.4 is 10.1 Å². The number of hydrogen-bond acceptors (Lipinski definition) is 3. The third kappa shape index (κ3) is 5.48. The lowest BCUT2D eigenvalue weighted by Gasteiger charge is -2.18. The summed E-state index contributed by atoms with van der Waals surface area (Å²) < 4.78 is 5.98. The first-order valence-electron chi connectivity index (χ1n) is 10.00. The Kier molecular flexibility index (Phi) is 7.88. The largest absolute Gasteiger partial charge is 0.493 e. The molecule has 4 nitrogen and oxygen atoms in total. The Morgan fingerprint density at radius 3 is 2.29 bits per heavy atom. The van der Waals surface area contributed by atoms with Gasteiger partial charge in [0.15, 0.2) is 0 Å². The van der Waals surface area contributed by atoms with Crippen LogP contribution in [0.2, 0.25) is 5.02 Å². The second-order valence-corrected chi connectivity index (χ2v) is 7.95. The number of aryl methyl sites for hydroxylation is 4. The molecule has 1 heterocycles. The minimum absolute atomic E-state index is 0.198. The molecule has 1 amide bonds. The molecule has 1 aromatic carbocycles. The van der Waals surface area contributed by atoms with E-state index in [0.29, 0.717) is 34.6 Å². The smallest absolute Gasteiger partial charge is 0.261 e. The summed E-state index contributed by atoms with van der Waals surface area (Å²) >= 11 is 6.24. The highest BCUT2D eigenvalue weighted by atomic mass is 35.5. The number of benzene rings is 1. The van der Waals surface area contributed by atoms with E-state index < -0.39 is 0 Å². The number of carbonyl (C=O) groups excluding carboxylic acids is 1. The van der Waals surface area contributed by atoms with Crippen molar-refractivity contribution in [1.29, 1.82) is 0 Å². The molecule has 0 aliphatic carbocycles. The Bertz CT molecular complexity index is 822. The van der Waals surface area contributed by atoms with E-state index in [0.717, 1.165) is 41.8 Å². The van der Waals surface area contributed by atoms with Gasteiger partial charge in [-0.2, -0.15) is 0 Å². The molecule has 0 radical (unpaired) electrons. The van der Waals surface area contributed by atoms with Crippen molar-refractivity contribution in [3.63, 3.8) is 0 Å². The highest BCUT2D eigenvalue weighted by Gasteiger charge is 2.20. The van der Waals surface area contributed by atoms with Gasteiger partial charge >= 0.3 is 0 Å². The molecule has 0 fully saturated rings. The molecule has 2 rings (SSSR count). The van der Waals surface area contributed by atoms with Crippen molar-refractivity contribution in [2.75, 3.05) is 11.9 Å². The molecule has 0 bridgehead atoms. The van der Waals surface area contributed by atoms with Crippen LogP contribution in [0.3, 0.4) is 0 Å². The van der Waals surface area contributed by atoms with E-state index >= 15 is 0 Å². The van der Waals surface area contributed by atoms with E-state index in [-0.39, 0.29) is 5.91 Å². The summed E-state index contributed by atoms with van der Waals surface area (Å²) in [5.74, 6) is 0.930. The predicted molar refractivity (Wildman–Crippen MR) is 117 cm³/mol. The van der Waals surface area contributed by atoms with Crippen molar-refractivity contribution < 1.29 is 9.53 Å². The van der Waals surface area contributed by atoms with Crippen molar-refractivity contribution >= 4 is 23.2 Å². The van der Waals surface area contributed by atoms with E-state index in [1.807, 2.05) is 32.0 Å². The Morgan fingerprint density at radius 2 is 1.75 bits per heavy atom. The summed E-state index contributed by atoms with van der Waals surface area (Å²) in [6.45, 7) is 12.7. The van der Waals surface area contributed by atoms with Crippen LogP contribution in [0.25, 0.3) is 0 Å². The van der Waals surface area contributed by atoms with Gasteiger partial charge in [-0.3, -0.25) is 9.78 Å². The summed E-state index contributed by atoms with van der Waals surface area (Å²) in [6, 6.07) is 5.67. The molecule has 0 atom stereocenters. The summed E-state index contributed by atoms with van der Waals surface area (Å²) in [7, 11) is 0. The number of rotatable bonds is 8. The highest BCUT2D eigenvalue weighted by molar-refractivity contribution is 6.30. The molecular formula is C23H31ClN2O2. The lowest BCUT2D eigenvalue weighted by molar-refractivity contribution is 0.102. The van der Waals surface area contributed by atoms with E-state index in [1.54, 1.807) is 0 Å². The molecule has 0 saturated carbocycles. The van der Waals surface area contributed by atoms with Gasteiger partial charge in [-0.05, 0) is 62.3 Å². The van der Waals surface area contributed by atoms with E-state index in [2.05, 4.69) is 38.0 Å². The monoisotopic (exact) mass is 402 g/mol. The molecule has 2 aromatic rings. The van der Waals surface area contributed by atoms with Crippen LogP contribution in [0.4, 0.5) is 5.69 Å². The first-order chi connectivity index (χ1) is 13.3. The first kappa shape index (κ1) is 22.2. The number of hydrogen-bond donors (Lipinski definition) is 1. The molecule has 0 aliphatic rings. The van der Waals surface area contributed by atoms with Crippen molar-refractivity contribution in [2.45, 2.75) is 60.8 Å².